The molecule has 0 heterocycles. The predicted molar refractivity (Wildman–Crippen MR) is 68.4 cm³/mol. The summed E-state index contributed by atoms with van der Waals surface area (Å²) in [5.74, 6) is 0.574. The van der Waals surface area contributed by atoms with Crippen LogP contribution in [-0.4, -0.2) is 10.7 Å². The minimum Gasteiger partial charge on any atom is -0.389 e. The van der Waals surface area contributed by atoms with Crippen molar-refractivity contribution in [3.8, 4) is 0 Å². The van der Waals surface area contributed by atoms with Crippen molar-refractivity contribution in [3.63, 3.8) is 0 Å². The van der Waals surface area contributed by atoms with Crippen LogP contribution in [0, 0.1) is 11.3 Å². The maximum atomic E-state index is 11.1. The summed E-state index contributed by atoms with van der Waals surface area (Å²) in [4.78, 5) is 0. The Hall–Kier alpha value is -0.0400. The molecule has 2 saturated carbocycles. The zero-order valence-electron chi connectivity index (χ0n) is 11.1. The number of aliphatic hydroxyl groups is 1. The number of hydrogen-bond donors (Lipinski definition) is 1. The molecule has 0 saturated heterocycles. The zero-order chi connectivity index (χ0) is 11.6. The summed E-state index contributed by atoms with van der Waals surface area (Å²) >= 11 is 0. The molecular weight excluding hydrogens is 196 g/mol. The Kier molecular flexibility index (Phi) is 3.63. The van der Waals surface area contributed by atoms with Crippen LogP contribution >= 0.6 is 0 Å². The normalized spacial score (nSPS) is 36.9. The second-order valence-corrected chi connectivity index (χ2v) is 6.70. The summed E-state index contributed by atoms with van der Waals surface area (Å²) < 4.78 is 0. The predicted octanol–water partition coefficient (Wildman–Crippen LogP) is 4.29. The molecule has 2 rings (SSSR count). The summed E-state index contributed by atoms with van der Waals surface area (Å²) in [7, 11) is 0. The van der Waals surface area contributed by atoms with E-state index in [9.17, 15) is 5.11 Å². The Bertz CT molecular complexity index is 226. The van der Waals surface area contributed by atoms with Crippen LogP contribution in [0.2, 0.25) is 0 Å². The van der Waals surface area contributed by atoms with E-state index in [-0.39, 0.29) is 11.0 Å². The van der Waals surface area contributed by atoms with Crippen molar-refractivity contribution < 1.29 is 5.11 Å². The SMILES string of the molecule is CC1(C)CCCCC1(O)C1CCCCCC1. The van der Waals surface area contributed by atoms with E-state index in [0.717, 1.165) is 6.42 Å². The highest BCUT2D eigenvalue weighted by Gasteiger charge is 2.49. The fourth-order valence-corrected chi connectivity index (χ4v) is 4.03. The molecule has 1 unspecified atom stereocenters. The smallest absolute Gasteiger partial charge is 0.0726 e. The highest BCUT2D eigenvalue weighted by atomic mass is 16.3. The van der Waals surface area contributed by atoms with Gasteiger partial charge in [0.05, 0.1) is 5.60 Å². The van der Waals surface area contributed by atoms with Crippen molar-refractivity contribution in [1.82, 2.24) is 0 Å². The summed E-state index contributed by atoms with van der Waals surface area (Å²) in [5.41, 5.74) is -0.226. The van der Waals surface area contributed by atoms with Gasteiger partial charge >= 0.3 is 0 Å². The van der Waals surface area contributed by atoms with Gasteiger partial charge in [0.25, 0.3) is 0 Å². The van der Waals surface area contributed by atoms with Crippen LogP contribution in [0.4, 0.5) is 0 Å². The third-order valence-electron chi connectivity index (χ3n) is 5.31. The maximum absolute atomic E-state index is 11.1. The Labute approximate surface area is 101 Å². The lowest BCUT2D eigenvalue weighted by molar-refractivity contribution is -0.141. The highest BCUT2D eigenvalue weighted by molar-refractivity contribution is 5.00. The molecule has 1 nitrogen and oxygen atoms in total. The average Bonchev–Trinajstić information content (AvgIpc) is 2.51. The van der Waals surface area contributed by atoms with Crippen molar-refractivity contribution in [1.29, 1.82) is 0 Å². The molecule has 2 aliphatic rings. The molecule has 0 aromatic carbocycles. The van der Waals surface area contributed by atoms with Gasteiger partial charge in [-0.2, -0.15) is 0 Å². The van der Waals surface area contributed by atoms with Crippen molar-refractivity contribution in [2.75, 3.05) is 0 Å². The van der Waals surface area contributed by atoms with E-state index >= 15 is 0 Å². The lowest BCUT2D eigenvalue weighted by Crippen LogP contribution is -2.52. The van der Waals surface area contributed by atoms with E-state index in [1.807, 2.05) is 0 Å². The Morgan fingerprint density at radius 2 is 1.38 bits per heavy atom. The molecule has 16 heavy (non-hydrogen) atoms. The van der Waals surface area contributed by atoms with Gasteiger partial charge < -0.3 is 5.11 Å². The average molecular weight is 224 g/mol. The third kappa shape index (κ3) is 2.16. The molecule has 94 valence electrons. The van der Waals surface area contributed by atoms with Crippen molar-refractivity contribution in [2.45, 2.75) is 83.7 Å². The van der Waals surface area contributed by atoms with E-state index in [4.69, 9.17) is 0 Å². The first-order valence-electron chi connectivity index (χ1n) is 7.29. The molecule has 1 atom stereocenters. The Morgan fingerprint density at radius 1 is 0.812 bits per heavy atom. The Morgan fingerprint density at radius 3 is 1.94 bits per heavy atom. The van der Waals surface area contributed by atoms with E-state index in [1.165, 1.54) is 57.8 Å². The molecule has 0 aliphatic heterocycles. The van der Waals surface area contributed by atoms with Gasteiger partial charge in [-0.1, -0.05) is 52.4 Å². The molecule has 0 amide bonds. The zero-order valence-corrected chi connectivity index (χ0v) is 11.1. The van der Waals surface area contributed by atoms with Crippen molar-refractivity contribution in [2.24, 2.45) is 11.3 Å². The largest absolute Gasteiger partial charge is 0.389 e. The molecule has 2 fully saturated rings. The molecule has 0 bridgehead atoms. The van der Waals surface area contributed by atoms with Crippen molar-refractivity contribution in [3.05, 3.63) is 0 Å². The van der Waals surface area contributed by atoms with Gasteiger partial charge in [-0.3, -0.25) is 0 Å². The van der Waals surface area contributed by atoms with Crippen LogP contribution in [0.1, 0.15) is 78.1 Å². The van der Waals surface area contributed by atoms with Gasteiger partial charge in [-0.15, -0.1) is 0 Å². The lowest BCUT2D eigenvalue weighted by Gasteiger charge is -2.51. The number of hydrogen-bond acceptors (Lipinski definition) is 1. The van der Waals surface area contributed by atoms with Crippen LogP contribution in [0.15, 0.2) is 0 Å². The topological polar surface area (TPSA) is 20.2 Å². The number of rotatable bonds is 1. The second-order valence-electron chi connectivity index (χ2n) is 6.70. The van der Waals surface area contributed by atoms with Crippen LogP contribution in [0.25, 0.3) is 0 Å². The van der Waals surface area contributed by atoms with Gasteiger partial charge in [0.15, 0.2) is 0 Å². The molecule has 0 aromatic heterocycles. The summed E-state index contributed by atoms with van der Waals surface area (Å²) in [5, 5.41) is 11.1. The van der Waals surface area contributed by atoms with E-state index in [2.05, 4.69) is 13.8 Å². The van der Waals surface area contributed by atoms with Gasteiger partial charge in [0.2, 0.25) is 0 Å². The van der Waals surface area contributed by atoms with Gasteiger partial charge in [0.1, 0.15) is 0 Å². The first-order chi connectivity index (χ1) is 7.56. The molecular formula is C15H28O. The molecule has 1 heteroatoms. The van der Waals surface area contributed by atoms with Gasteiger partial charge in [-0.25, -0.2) is 0 Å². The summed E-state index contributed by atoms with van der Waals surface area (Å²) in [6, 6.07) is 0. The minimum atomic E-state index is -0.365. The van der Waals surface area contributed by atoms with Crippen molar-refractivity contribution >= 4 is 0 Å². The van der Waals surface area contributed by atoms with Crippen LogP contribution < -0.4 is 0 Å². The standard InChI is InChI=1S/C15H28O/c1-14(2)11-7-8-12-15(14,16)13-9-5-3-4-6-10-13/h13,16H,3-12H2,1-2H3. The summed E-state index contributed by atoms with van der Waals surface area (Å²) in [6.45, 7) is 4.58. The monoisotopic (exact) mass is 224 g/mol. The molecule has 1 N–H and O–H groups in total. The van der Waals surface area contributed by atoms with E-state index in [0.29, 0.717) is 5.92 Å². The van der Waals surface area contributed by atoms with E-state index < -0.39 is 0 Å². The lowest BCUT2D eigenvalue weighted by atomic mass is 9.59. The van der Waals surface area contributed by atoms with Crippen LogP contribution in [0.3, 0.4) is 0 Å². The molecule has 0 spiro atoms. The van der Waals surface area contributed by atoms with Crippen LogP contribution in [-0.2, 0) is 0 Å². The molecule has 0 radical (unpaired) electrons. The van der Waals surface area contributed by atoms with Gasteiger partial charge in [-0.05, 0) is 37.0 Å². The fraction of sp³-hybridized carbons (Fsp3) is 1.00. The quantitative estimate of drug-likeness (QED) is 0.659. The second kappa shape index (κ2) is 4.68. The third-order valence-corrected chi connectivity index (χ3v) is 5.31. The van der Waals surface area contributed by atoms with Gasteiger partial charge in [0, 0.05) is 0 Å². The molecule has 0 aromatic rings. The first-order valence-corrected chi connectivity index (χ1v) is 7.29. The highest BCUT2D eigenvalue weighted by Crippen LogP contribution is 2.51. The molecule has 2 aliphatic carbocycles. The van der Waals surface area contributed by atoms with Crippen LogP contribution in [0.5, 0.6) is 0 Å². The summed E-state index contributed by atoms with van der Waals surface area (Å²) in [6.07, 6.45) is 12.8. The first kappa shape index (κ1) is 12.4. The minimum absolute atomic E-state index is 0.139. The van der Waals surface area contributed by atoms with E-state index in [1.54, 1.807) is 0 Å². The Balaban J connectivity index is 2.14. The fourth-order valence-electron chi connectivity index (χ4n) is 4.03. The maximum Gasteiger partial charge on any atom is 0.0726 e.